The second kappa shape index (κ2) is 5.65. The van der Waals surface area contributed by atoms with Crippen molar-refractivity contribution in [1.29, 1.82) is 0 Å². The molecule has 0 amide bonds. The zero-order chi connectivity index (χ0) is 16.8. The lowest BCUT2D eigenvalue weighted by Crippen LogP contribution is -2.45. The average Bonchev–Trinajstić information content (AvgIpc) is 2.87. The summed E-state index contributed by atoms with van der Waals surface area (Å²) in [6.07, 6.45) is 2.59. The molecule has 0 saturated carbocycles. The summed E-state index contributed by atoms with van der Waals surface area (Å²) in [6, 6.07) is 6.67. The van der Waals surface area contributed by atoms with Gasteiger partial charge in [0.15, 0.2) is 0 Å². The van der Waals surface area contributed by atoms with Gasteiger partial charge in [0.25, 0.3) is 0 Å². The van der Waals surface area contributed by atoms with Crippen molar-refractivity contribution in [2.75, 3.05) is 6.54 Å². The minimum atomic E-state index is -3.61. The van der Waals surface area contributed by atoms with Gasteiger partial charge in [0.1, 0.15) is 0 Å². The minimum Gasteiger partial charge on any atom is -0.481 e. The first-order valence-corrected chi connectivity index (χ1v) is 9.04. The van der Waals surface area contributed by atoms with Gasteiger partial charge in [-0.15, -0.1) is 0 Å². The first kappa shape index (κ1) is 16.0. The molecule has 2 atom stereocenters. The van der Waals surface area contributed by atoms with E-state index in [1.54, 1.807) is 25.1 Å². The first-order valence-electron chi connectivity index (χ1n) is 7.60. The number of sulfonamides is 1. The molecular formula is C16H20N2O4S. The number of benzene rings is 1. The summed E-state index contributed by atoms with van der Waals surface area (Å²) in [4.78, 5) is 11.4. The second-order valence-corrected chi connectivity index (χ2v) is 8.06. The number of carboxylic acids is 1. The smallest absolute Gasteiger partial charge is 0.306 e. The van der Waals surface area contributed by atoms with Crippen LogP contribution in [-0.2, 0) is 21.9 Å². The number of fused-ring (bicyclic) bond motifs is 1. The van der Waals surface area contributed by atoms with Crippen molar-refractivity contribution in [2.24, 2.45) is 13.0 Å². The topological polar surface area (TPSA) is 79.6 Å². The summed E-state index contributed by atoms with van der Waals surface area (Å²) >= 11 is 0. The summed E-state index contributed by atoms with van der Waals surface area (Å²) in [5.74, 6) is -1.31. The van der Waals surface area contributed by atoms with Crippen molar-refractivity contribution in [3.05, 3.63) is 30.5 Å². The van der Waals surface area contributed by atoms with Crippen molar-refractivity contribution < 1.29 is 18.3 Å². The Morgan fingerprint density at radius 3 is 2.70 bits per heavy atom. The highest BCUT2D eigenvalue weighted by molar-refractivity contribution is 7.89. The number of nitrogens with zero attached hydrogens (tertiary/aromatic N) is 2. The van der Waals surface area contributed by atoms with E-state index in [0.717, 1.165) is 10.9 Å². The second-order valence-electron chi connectivity index (χ2n) is 6.17. The molecule has 1 N–H and O–H groups in total. The molecule has 2 aromatic rings. The van der Waals surface area contributed by atoms with Crippen LogP contribution in [0, 0.1) is 5.92 Å². The fraction of sp³-hybridized carbons (Fsp3) is 0.438. The van der Waals surface area contributed by atoms with E-state index >= 15 is 0 Å². The van der Waals surface area contributed by atoms with Crippen LogP contribution in [-0.4, -0.2) is 41.0 Å². The molecule has 0 spiro atoms. The van der Waals surface area contributed by atoms with Gasteiger partial charge in [0.05, 0.1) is 10.8 Å². The third-order valence-electron chi connectivity index (χ3n) is 4.63. The zero-order valence-corrected chi connectivity index (χ0v) is 14.0. The standard InChI is InChI=1S/C16H20N2O4S/c1-11-9-13(16(19)20)6-8-18(11)23(21,22)14-3-4-15-12(10-14)5-7-17(15)2/h3-5,7,10-11,13H,6,8-9H2,1-2H3,(H,19,20)/t11-,13-/m1/s1. The summed E-state index contributed by atoms with van der Waals surface area (Å²) in [6.45, 7) is 2.01. The van der Waals surface area contributed by atoms with Crippen LogP contribution in [0.2, 0.25) is 0 Å². The maximum Gasteiger partial charge on any atom is 0.306 e. The fourth-order valence-corrected chi connectivity index (χ4v) is 4.98. The Kier molecular flexibility index (Phi) is 3.93. The number of carboxylic acid groups (broad SMARTS) is 1. The van der Waals surface area contributed by atoms with Crippen LogP contribution in [0.25, 0.3) is 10.9 Å². The van der Waals surface area contributed by atoms with Gasteiger partial charge in [-0.25, -0.2) is 8.42 Å². The monoisotopic (exact) mass is 336 g/mol. The highest BCUT2D eigenvalue weighted by atomic mass is 32.2. The molecule has 1 aromatic heterocycles. The van der Waals surface area contributed by atoms with Crippen LogP contribution in [0.3, 0.4) is 0 Å². The van der Waals surface area contributed by atoms with Crippen LogP contribution in [0.15, 0.2) is 35.4 Å². The minimum absolute atomic E-state index is 0.243. The van der Waals surface area contributed by atoms with E-state index in [0.29, 0.717) is 12.8 Å². The summed E-state index contributed by atoms with van der Waals surface area (Å²) in [7, 11) is -1.70. The molecule has 1 aliphatic heterocycles. The van der Waals surface area contributed by atoms with Crippen molar-refractivity contribution >= 4 is 26.9 Å². The molecular weight excluding hydrogens is 316 g/mol. The molecule has 7 heteroatoms. The Morgan fingerprint density at radius 2 is 2.04 bits per heavy atom. The van der Waals surface area contributed by atoms with E-state index in [1.165, 1.54) is 4.31 Å². The quantitative estimate of drug-likeness (QED) is 0.930. The van der Waals surface area contributed by atoms with Crippen molar-refractivity contribution in [1.82, 2.24) is 8.87 Å². The van der Waals surface area contributed by atoms with Gasteiger partial charge in [-0.05, 0) is 44.0 Å². The normalized spacial score (nSPS) is 23.2. The third-order valence-corrected chi connectivity index (χ3v) is 6.64. The molecule has 2 heterocycles. The molecule has 6 nitrogen and oxygen atoms in total. The maximum absolute atomic E-state index is 12.9. The van der Waals surface area contributed by atoms with E-state index in [9.17, 15) is 13.2 Å². The lowest BCUT2D eigenvalue weighted by Gasteiger charge is -2.35. The van der Waals surface area contributed by atoms with Gasteiger partial charge in [-0.1, -0.05) is 0 Å². The number of aliphatic carboxylic acids is 1. The van der Waals surface area contributed by atoms with Gasteiger partial charge in [0, 0.05) is 36.7 Å². The Labute approximate surface area is 135 Å². The Bertz CT molecular complexity index is 856. The Hall–Kier alpha value is -1.86. The van der Waals surface area contributed by atoms with Gasteiger partial charge >= 0.3 is 5.97 Å². The number of rotatable bonds is 3. The van der Waals surface area contributed by atoms with E-state index < -0.39 is 21.9 Å². The molecule has 23 heavy (non-hydrogen) atoms. The predicted octanol–water partition coefficient (Wildman–Crippen LogP) is 2.05. The summed E-state index contributed by atoms with van der Waals surface area (Å²) in [5, 5.41) is 9.99. The zero-order valence-electron chi connectivity index (χ0n) is 13.1. The molecule has 1 aromatic carbocycles. The number of aryl methyl sites for hydroxylation is 1. The predicted molar refractivity (Wildman–Crippen MR) is 86.6 cm³/mol. The van der Waals surface area contributed by atoms with E-state index in [2.05, 4.69) is 0 Å². The number of carbonyl (C=O) groups is 1. The Balaban J connectivity index is 1.92. The fourth-order valence-electron chi connectivity index (χ4n) is 3.29. The summed E-state index contributed by atoms with van der Waals surface area (Å²) in [5.41, 5.74) is 0.974. The molecule has 124 valence electrons. The van der Waals surface area contributed by atoms with Crippen LogP contribution in [0.4, 0.5) is 0 Å². The van der Waals surface area contributed by atoms with Gasteiger partial charge in [-0.2, -0.15) is 4.31 Å². The molecule has 1 saturated heterocycles. The SMILES string of the molecule is C[C@@H]1C[C@H](C(=O)O)CCN1S(=O)(=O)c1ccc2c(ccn2C)c1. The number of hydrogen-bond donors (Lipinski definition) is 1. The lowest BCUT2D eigenvalue weighted by atomic mass is 9.93. The lowest BCUT2D eigenvalue weighted by molar-refractivity contribution is -0.143. The highest BCUT2D eigenvalue weighted by Gasteiger charge is 2.36. The molecule has 0 radical (unpaired) electrons. The van der Waals surface area contributed by atoms with E-state index in [1.807, 2.05) is 23.9 Å². The van der Waals surface area contributed by atoms with Crippen molar-refractivity contribution in [3.63, 3.8) is 0 Å². The first-order chi connectivity index (χ1) is 10.8. The van der Waals surface area contributed by atoms with Crippen LogP contribution < -0.4 is 0 Å². The van der Waals surface area contributed by atoms with Crippen LogP contribution in [0.1, 0.15) is 19.8 Å². The van der Waals surface area contributed by atoms with E-state index in [-0.39, 0.29) is 17.5 Å². The number of piperidine rings is 1. The molecule has 3 rings (SSSR count). The van der Waals surface area contributed by atoms with Crippen LogP contribution >= 0.6 is 0 Å². The third kappa shape index (κ3) is 2.74. The van der Waals surface area contributed by atoms with Crippen molar-refractivity contribution in [2.45, 2.75) is 30.7 Å². The molecule has 1 aliphatic rings. The van der Waals surface area contributed by atoms with Gasteiger partial charge < -0.3 is 9.67 Å². The number of aromatic nitrogens is 1. The molecule has 1 fully saturated rings. The molecule has 0 unspecified atom stereocenters. The Morgan fingerprint density at radius 1 is 1.30 bits per heavy atom. The summed E-state index contributed by atoms with van der Waals surface area (Å²) < 4.78 is 29.2. The average molecular weight is 336 g/mol. The largest absolute Gasteiger partial charge is 0.481 e. The van der Waals surface area contributed by atoms with Crippen LogP contribution in [0.5, 0.6) is 0 Å². The molecule has 0 aliphatic carbocycles. The van der Waals surface area contributed by atoms with Crippen molar-refractivity contribution in [3.8, 4) is 0 Å². The molecule has 0 bridgehead atoms. The highest BCUT2D eigenvalue weighted by Crippen LogP contribution is 2.30. The number of hydrogen-bond acceptors (Lipinski definition) is 3. The maximum atomic E-state index is 12.9. The van der Waals surface area contributed by atoms with E-state index in [4.69, 9.17) is 5.11 Å². The van der Waals surface area contributed by atoms with Gasteiger partial charge in [-0.3, -0.25) is 4.79 Å². The van der Waals surface area contributed by atoms with Gasteiger partial charge in [0.2, 0.25) is 10.0 Å².